The Labute approximate surface area is 162 Å². The van der Waals surface area contributed by atoms with Crippen molar-refractivity contribution in [1.82, 2.24) is 0 Å². The molecule has 0 saturated carbocycles. The molecule has 3 heterocycles. The molecule has 0 amide bonds. The first-order valence-electron chi connectivity index (χ1n) is 7.85. The summed E-state index contributed by atoms with van der Waals surface area (Å²) >= 11 is 7.49. The predicted molar refractivity (Wildman–Crippen MR) is 109 cm³/mol. The molecule has 1 fully saturated rings. The predicted octanol–water partition coefficient (Wildman–Crippen LogP) is 6.93. The Hall–Kier alpha value is -1.28. The summed E-state index contributed by atoms with van der Waals surface area (Å²) < 4.78 is -0.0149. The van der Waals surface area contributed by atoms with Crippen LogP contribution in [0.2, 0.25) is 0 Å². The lowest BCUT2D eigenvalue weighted by molar-refractivity contribution is -0.384. The molecule has 0 bridgehead atoms. The van der Waals surface area contributed by atoms with Gasteiger partial charge in [-0.3, -0.25) is 10.1 Å². The van der Waals surface area contributed by atoms with Crippen molar-refractivity contribution in [3.63, 3.8) is 0 Å². The number of hydrogen-bond donors (Lipinski definition) is 0. The third-order valence-electron chi connectivity index (χ3n) is 4.16. The topological polar surface area (TPSA) is 43.1 Å². The molecule has 4 rings (SSSR count). The Morgan fingerprint density at radius 2 is 1.84 bits per heavy atom. The molecule has 1 aromatic carbocycles. The van der Waals surface area contributed by atoms with E-state index in [0.29, 0.717) is 5.25 Å². The van der Waals surface area contributed by atoms with Crippen molar-refractivity contribution in [2.45, 2.75) is 27.1 Å². The van der Waals surface area contributed by atoms with E-state index in [-0.39, 0.29) is 14.7 Å². The van der Waals surface area contributed by atoms with Crippen LogP contribution in [0.1, 0.15) is 27.8 Å². The number of rotatable bonds is 5. The lowest BCUT2D eigenvalue weighted by Crippen LogP contribution is -2.11. The standard InChI is InChI=1S/C18H15NO2S4/c20-19(21)13-5-7-14(8-6-13)24-18(17-4-2-12-23-17)10-9-16(25-18)15-3-1-11-22-15/h1-8,11-12,16H,9-10H2. The fourth-order valence-electron chi connectivity index (χ4n) is 2.97. The molecule has 2 unspecified atom stereocenters. The van der Waals surface area contributed by atoms with Gasteiger partial charge in [-0.2, -0.15) is 0 Å². The van der Waals surface area contributed by atoms with Gasteiger partial charge in [0, 0.05) is 32.0 Å². The van der Waals surface area contributed by atoms with Gasteiger partial charge < -0.3 is 0 Å². The molecule has 0 aliphatic carbocycles. The number of hydrogen-bond acceptors (Lipinski definition) is 6. The Bertz CT molecular complexity index is 846. The summed E-state index contributed by atoms with van der Waals surface area (Å²) in [5.74, 6) is 0. The second-order valence-electron chi connectivity index (χ2n) is 5.74. The maximum atomic E-state index is 10.9. The molecule has 1 saturated heterocycles. The summed E-state index contributed by atoms with van der Waals surface area (Å²) in [4.78, 5) is 14.4. The molecule has 0 N–H and O–H groups in total. The van der Waals surface area contributed by atoms with E-state index in [1.165, 1.54) is 9.75 Å². The molecule has 2 atom stereocenters. The van der Waals surface area contributed by atoms with Gasteiger partial charge in [0.1, 0.15) is 4.08 Å². The highest BCUT2D eigenvalue weighted by molar-refractivity contribution is 8.18. The molecular weight excluding hydrogens is 390 g/mol. The number of nitro benzene ring substituents is 1. The first-order valence-corrected chi connectivity index (χ1v) is 11.3. The number of nitrogens with zero attached hydrogens (tertiary/aromatic N) is 1. The van der Waals surface area contributed by atoms with Crippen LogP contribution in [0.3, 0.4) is 0 Å². The third kappa shape index (κ3) is 3.51. The molecule has 0 spiro atoms. The number of nitro groups is 1. The Morgan fingerprint density at radius 1 is 1.08 bits per heavy atom. The van der Waals surface area contributed by atoms with Gasteiger partial charge in [-0.15, -0.1) is 46.2 Å². The van der Waals surface area contributed by atoms with Crippen molar-refractivity contribution in [2.75, 3.05) is 0 Å². The van der Waals surface area contributed by atoms with Crippen molar-refractivity contribution in [1.29, 1.82) is 0 Å². The summed E-state index contributed by atoms with van der Waals surface area (Å²) in [5, 5.41) is 15.7. The first-order chi connectivity index (χ1) is 12.2. The van der Waals surface area contributed by atoms with Gasteiger partial charge in [-0.1, -0.05) is 12.1 Å². The molecule has 128 valence electrons. The zero-order chi connectivity index (χ0) is 17.3. The van der Waals surface area contributed by atoms with Gasteiger partial charge in [-0.25, -0.2) is 0 Å². The van der Waals surface area contributed by atoms with Gasteiger partial charge in [0.05, 0.1) is 4.92 Å². The largest absolute Gasteiger partial charge is 0.269 e. The quantitative estimate of drug-likeness (QED) is 0.341. The van der Waals surface area contributed by atoms with Gasteiger partial charge >= 0.3 is 0 Å². The minimum Gasteiger partial charge on any atom is -0.258 e. The normalized spacial score (nSPS) is 23.0. The maximum absolute atomic E-state index is 10.9. The molecule has 3 aromatic rings. The van der Waals surface area contributed by atoms with Crippen LogP contribution < -0.4 is 0 Å². The van der Waals surface area contributed by atoms with Gasteiger partial charge in [0.25, 0.3) is 5.69 Å². The first kappa shape index (κ1) is 17.1. The highest BCUT2D eigenvalue weighted by Gasteiger charge is 2.44. The molecule has 2 aromatic heterocycles. The number of thioether (sulfide) groups is 2. The molecule has 7 heteroatoms. The van der Waals surface area contributed by atoms with Crippen LogP contribution >= 0.6 is 46.2 Å². The average molecular weight is 406 g/mol. The van der Waals surface area contributed by atoms with Crippen molar-refractivity contribution in [2.24, 2.45) is 0 Å². The van der Waals surface area contributed by atoms with Crippen LogP contribution in [0, 0.1) is 10.1 Å². The van der Waals surface area contributed by atoms with Crippen LogP contribution in [0.4, 0.5) is 5.69 Å². The third-order valence-corrected chi connectivity index (χ3v) is 9.96. The smallest absolute Gasteiger partial charge is 0.258 e. The highest BCUT2D eigenvalue weighted by atomic mass is 32.2. The van der Waals surface area contributed by atoms with Gasteiger partial charge in [0.15, 0.2) is 0 Å². The van der Waals surface area contributed by atoms with E-state index >= 15 is 0 Å². The van der Waals surface area contributed by atoms with Crippen LogP contribution in [0.5, 0.6) is 0 Å². The summed E-state index contributed by atoms with van der Waals surface area (Å²) in [5.41, 5.74) is 0.144. The molecule has 25 heavy (non-hydrogen) atoms. The molecule has 0 radical (unpaired) electrons. The number of benzene rings is 1. The number of non-ortho nitro benzene ring substituents is 1. The van der Waals surface area contributed by atoms with E-state index in [4.69, 9.17) is 0 Å². The van der Waals surface area contributed by atoms with E-state index in [1.807, 2.05) is 47.0 Å². The summed E-state index contributed by atoms with van der Waals surface area (Å²) in [7, 11) is 0. The lowest BCUT2D eigenvalue weighted by atomic mass is 10.1. The summed E-state index contributed by atoms with van der Waals surface area (Å²) in [6.45, 7) is 0. The molecule has 1 aliphatic heterocycles. The Kier molecular flexibility index (Phi) is 4.90. The maximum Gasteiger partial charge on any atom is 0.269 e. The van der Waals surface area contributed by atoms with Crippen molar-refractivity contribution >= 4 is 51.9 Å². The van der Waals surface area contributed by atoms with Crippen LogP contribution in [-0.4, -0.2) is 4.92 Å². The molecule has 1 aliphatic rings. The van der Waals surface area contributed by atoms with E-state index in [1.54, 1.807) is 23.5 Å². The van der Waals surface area contributed by atoms with Crippen LogP contribution in [0.25, 0.3) is 0 Å². The van der Waals surface area contributed by atoms with Crippen LogP contribution in [0.15, 0.2) is 64.2 Å². The van der Waals surface area contributed by atoms with Crippen LogP contribution in [-0.2, 0) is 4.08 Å². The minimum atomic E-state index is -0.347. The lowest BCUT2D eigenvalue weighted by Gasteiger charge is -2.27. The Balaban J connectivity index is 1.62. The summed E-state index contributed by atoms with van der Waals surface area (Å²) in [6, 6.07) is 15.6. The number of thiophene rings is 2. The van der Waals surface area contributed by atoms with Gasteiger partial charge in [0.2, 0.25) is 0 Å². The highest BCUT2D eigenvalue weighted by Crippen LogP contribution is 2.65. The molecular formula is C18H15NO2S4. The van der Waals surface area contributed by atoms with Crippen molar-refractivity contribution < 1.29 is 4.92 Å². The average Bonchev–Trinajstić information content (AvgIpc) is 3.36. The monoisotopic (exact) mass is 405 g/mol. The van der Waals surface area contributed by atoms with Crippen molar-refractivity contribution in [3.8, 4) is 0 Å². The second kappa shape index (κ2) is 7.15. The van der Waals surface area contributed by atoms with E-state index in [0.717, 1.165) is 17.7 Å². The zero-order valence-corrected chi connectivity index (χ0v) is 16.4. The van der Waals surface area contributed by atoms with E-state index < -0.39 is 0 Å². The zero-order valence-electron chi connectivity index (χ0n) is 13.2. The second-order valence-corrected chi connectivity index (χ2v) is 10.8. The van der Waals surface area contributed by atoms with Crippen molar-refractivity contribution in [3.05, 3.63) is 79.2 Å². The minimum absolute atomic E-state index is 0.0149. The van der Waals surface area contributed by atoms with Gasteiger partial charge in [-0.05, 0) is 47.9 Å². The molecule has 3 nitrogen and oxygen atoms in total. The van der Waals surface area contributed by atoms with E-state index in [9.17, 15) is 10.1 Å². The SMILES string of the molecule is O=[N+]([O-])c1ccc(SC2(c3cccs3)CCC(c3cccs3)S2)cc1. The summed E-state index contributed by atoms with van der Waals surface area (Å²) in [6.07, 6.45) is 2.26. The van der Waals surface area contributed by atoms with E-state index in [2.05, 4.69) is 35.0 Å². The fourth-order valence-corrected chi connectivity index (χ4v) is 8.51. The fraction of sp³-hybridized carbons (Fsp3) is 0.222. The Morgan fingerprint density at radius 3 is 2.48 bits per heavy atom.